The smallest absolute Gasteiger partial charge is 0.251 e. The molecule has 136 valence electrons. The maximum atomic E-state index is 13.2. The van der Waals surface area contributed by atoms with Crippen molar-refractivity contribution in [3.8, 4) is 0 Å². The first-order valence-electron chi connectivity index (χ1n) is 9.48. The van der Waals surface area contributed by atoms with Crippen LogP contribution in [0.5, 0.6) is 0 Å². The van der Waals surface area contributed by atoms with Crippen molar-refractivity contribution in [3.63, 3.8) is 0 Å². The number of fused-ring (bicyclic) bond motifs is 4. The Morgan fingerprint density at radius 3 is 2.63 bits per heavy atom. The first kappa shape index (κ1) is 16.5. The molecule has 1 fully saturated rings. The van der Waals surface area contributed by atoms with E-state index in [4.69, 9.17) is 12.2 Å². The van der Waals surface area contributed by atoms with Crippen molar-refractivity contribution >= 4 is 34.1 Å². The molecule has 1 N–H and O–H groups in total. The van der Waals surface area contributed by atoms with Crippen molar-refractivity contribution in [3.05, 3.63) is 71.4 Å². The van der Waals surface area contributed by atoms with Gasteiger partial charge in [-0.3, -0.25) is 9.69 Å². The van der Waals surface area contributed by atoms with Gasteiger partial charge in [0.05, 0.1) is 6.04 Å². The van der Waals surface area contributed by atoms with Crippen LogP contribution in [-0.4, -0.2) is 38.4 Å². The van der Waals surface area contributed by atoms with Crippen LogP contribution >= 0.6 is 12.2 Å². The summed E-state index contributed by atoms with van der Waals surface area (Å²) in [7, 11) is 0. The molecular formula is C22H21N3OS. The third-order valence-corrected chi connectivity index (χ3v) is 6.13. The Morgan fingerprint density at radius 2 is 1.85 bits per heavy atom. The molecule has 3 heterocycles. The summed E-state index contributed by atoms with van der Waals surface area (Å²) in [4.78, 5) is 20.7. The van der Waals surface area contributed by atoms with Gasteiger partial charge in [0.15, 0.2) is 5.11 Å². The molecule has 0 bridgehead atoms. The minimum absolute atomic E-state index is 0.0642. The number of amides is 1. The van der Waals surface area contributed by atoms with E-state index in [-0.39, 0.29) is 18.0 Å². The van der Waals surface area contributed by atoms with Gasteiger partial charge in [0.2, 0.25) is 0 Å². The number of nitrogens with one attached hydrogen (secondary N) is 1. The number of para-hydroxylation sites is 1. The Hall–Kier alpha value is -2.66. The van der Waals surface area contributed by atoms with Crippen LogP contribution in [0.15, 0.2) is 54.6 Å². The largest absolute Gasteiger partial charge is 0.356 e. The van der Waals surface area contributed by atoms with Gasteiger partial charge in [-0.25, -0.2) is 0 Å². The Morgan fingerprint density at radius 1 is 1.11 bits per heavy atom. The first-order valence-corrected chi connectivity index (χ1v) is 9.89. The fraction of sp³-hybridized carbons (Fsp3) is 0.273. The number of aromatic nitrogens is 1. The summed E-state index contributed by atoms with van der Waals surface area (Å²) in [5, 5.41) is 1.87. The Bertz CT molecular complexity index is 1040. The van der Waals surface area contributed by atoms with E-state index in [1.807, 2.05) is 24.3 Å². The zero-order chi connectivity index (χ0) is 18.5. The second-order valence-corrected chi connectivity index (χ2v) is 7.64. The Balaban J connectivity index is 1.73. The average molecular weight is 375 g/mol. The van der Waals surface area contributed by atoms with E-state index in [9.17, 15) is 4.79 Å². The van der Waals surface area contributed by atoms with Gasteiger partial charge in [-0.15, -0.1) is 0 Å². The van der Waals surface area contributed by atoms with E-state index in [1.165, 1.54) is 10.9 Å². The minimum atomic E-state index is -0.221. The molecule has 5 rings (SSSR count). The number of thiocarbonyl (C=S) groups is 1. The highest BCUT2D eigenvalue weighted by atomic mass is 32.1. The first-order chi connectivity index (χ1) is 13.2. The lowest BCUT2D eigenvalue weighted by molar-refractivity contribution is -0.128. The van der Waals surface area contributed by atoms with E-state index < -0.39 is 0 Å². The summed E-state index contributed by atoms with van der Waals surface area (Å²) in [6, 6.07) is 18.4. The van der Waals surface area contributed by atoms with Crippen LogP contribution in [0.3, 0.4) is 0 Å². The molecular weight excluding hydrogens is 354 g/mol. The molecule has 2 atom stereocenters. The van der Waals surface area contributed by atoms with Crippen molar-refractivity contribution in [1.29, 1.82) is 0 Å². The van der Waals surface area contributed by atoms with Gasteiger partial charge in [0.1, 0.15) is 6.04 Å². The number of carbonyl (C=O) groups excluding carboxylic acids is 1. The molecule has 4 nitrogen and oxygen atoms in total. The van der Waals surface area contributed by atoms with Crippen LogP contribution in [-0.2, 0) is 11.2 Å². The number of carbonyl (C=O) groups is 1. The number of rotatable bonds is 3. The maximum Gasteiger partial charge on any atom is 0.251 e. The number of hydrogen-bond donors (Lipinski definition) is 1. The number of hydrogen-bond acceptors (Lipinski definition) is 2. The molecule has 0 aliphatic carbocycles. The second kappa shape index (κ2) is 6.20. The zero-order valence-corrected chi connectivity index (χ0v) is 16.0. The Kier molecular flexibility index (Phi) is 3.79. The van der Waals surface area contributed by atoms with Crippen molar-refractivity contribution < 1.29 is 4.79 Å². The summed E-state index contributed by atoms with van der Waals surface area (Å²) >= 11 is 5.78. The van der Waals surface area contributed by atoms with Crippen LogP contribution in [0.25, 0.3) is 10.9 Å². The topological polar surface area (TPSA) is 39.3 Å². The average Bonchev–Trinajstić information content (AvgIpc) is 3.18. The second-order valence-electron chi connectivity index (χ2n) is 7.28. The van der Waals surface area contributed by atoms with Gasteiger partial charge in [-0.05, 0) is 35.8 Å². The van der Waals surface area contributed by atoms with Gasteiger partial charge in [-0.2, -0.15) is 0 Å². The van der Waals surface area contributed by atoms with Gasteiger partial charge in [0, 0.05) is 29.6 Å². The lowest BCUT2D eigenvalue weighted by Crippen LogP contribution is -2.44. The van der Waals surface area contributed by atoms with Gasteiger partial charge >= 0.3 is 0 Å². The lowest BCUT2D eigenvalue weighted by Gasteiger charge is -2.37. The van der Waals surface area contributed by atoms with Crippen molar-refractivity contribution in [2.45, 2.75) is 31.8 Å². The van der Waals surface area contributed by atoms with Gasteiger partial charge < -0.3 is 9.88 Å². The highest BCUT2D eigenvalue weighted by molar-refractivity contribution is 7.80. The molecule has 0 unspecified atom stereocenters. The van der Waals surface area contributed by atoms with Gasteiger partial charge in [0.25, 0.3) is 5.91 Å². The van der Waals surface area contributed by atoms with Crippen molar-refractivity contribution in [2.75, 3.05) is 6.54 Å². The van der Waals surface area contributed by atoms with Crippen molar-refractivity contribution in [1.82, 2.24) is 14.8 Å². The number of benzene rings is 2. The number of nitrogens with zero attached hydrogens (tertiary/aromatic N) is 2. The molecule has 0 saturated carbocycles. The Labute approximate surface area is 163 Å². The normalized spacial score (nSPS) is 21.7. The number of aromatic amines is 1. The molecule has 2 aliphatic rings. The van der Waals surface area contributed by atoms with Crippen LogP contribution in [0.1, 0.15) is 36.2 Å². The van der Waals surface area contributed by atoms with E-state index in [2.05, 4.69) is 47.1 Å². The molecule has 3 aromatic rings. The highest BCUT2D eigenvalue weighted by Crippen LogP contribution is 2.43. The lowest BCUT2D eigenvalue weighted by atomic mass is 9.89. The molecule has 1 saturated heterocycles. The molecule has 27 heavy (non-hydrogen) atoms. The minimum Gasteiger partial charge on any atom is -0.356 e. The van der Waals surface area contributed by atoms with E-state index in [0.29, 0.717) is 18.1 Å². The van der Waals surface area contributed by atoms with E-state index in [0.717, 1.165) is 23.2 Å². The molecule has 5 heteroatoms. The summed E-state index contributed by atoms with van der Waals surface area (Å²) in [5.41, 5.74) is 4.68. The SMILES string of the molecule is CCCN1C(=O)[C@@H]2Cc3c([nH]c4ccccc34)[C@@H](c3ccccc3)N2C1=S. The van der Waals surface area contributed by atoms with E-state index in [1.54, 1.807) is 4.90 Å². The summed E-state index contributed by atoms with van der Waals surface area (Å²) < 4.78 is 0. The zero-order valence-electron chi connectivity index (χ0n) is 15.2. The third kappa shape index (κ3) is 2.34. The van der Waals surface area contributed by atoms with Crippen molar-refractivity contribution in [2.24, 2.45) is 0 Å². The molecule has 1 aromatic heterocycles. The van der Waals surface area contributed by atoms with Crippen LogP contribution < -0.4 is 0 Å². The van der Waals surface area contributed by atoms with Crippen LogP contribution in [0, 0.1) is 0 Å². The standard InChI is InChI=1S/C22H21N3OS/c1-2-12-24-21(26)18-13-16-15-10-6-7-11-17(15)23-19(16)20(25(18)22(24)27)14-8-4-3-5-9-14/h3-11,18,20,23H,2,12-13H2,1H3/t18-,20+/m0/s1. The van der Waals surface area contributed by atoms with E-state index >= 15 is 0 Å². The van der Waals surface area contributed by atoms with Crippen LogP contribution in [0.4, 0.5) is 0 Å². The molecule has 1 amide bonds. The summed E-state index contributed by atoms with van der Waals surface area (Å²) in [5.74, 6) is 0.138. The predicted molar refractivity (Wildman–Crippen MR) is 111 cm³/mol. The summed E-state index contributed by atoms with van der Waals surface area (Å²) in [6.45, 7) is 2.76. The predicted octanol–water partition coefficient (Wildman–Crippen LogP) is 4.02. The summed E-state index contributed by atoms with van der Waals surface area (Å²) in [6.07, 6.45) is 1.60. The monoisotopic (exact) mass is 375 g/mol. The number of H-pyrrole nitrogens is 1. The fourth-order valence-corrected chi connectivity index (χ4v) is 4.95. The third-order valence-electron chi connectivity index (χ3n) is 5.70. The molecule has 0 spiro atoms. The fourth-order valence-electron chi connectivity index (χ4n) is 4.54. The highest BCUT2D eigenvalue weighted by Gasteiger charge is 2.50. The van der Waals surface area contributed by atoms with Gasteiger partial charge in [-0.1, -0.05) is 55.5 Å². The quantitative estimate of drug-likeness (QED) is 0.703. The molecule has 0 radical (unpaired) electrons. The molecule has 2 aliphatic heterocycles. The van der Waals surface area contributed by atoms with Crippen LogP contribution in [0.2, 0.25) is 0 Å². The maximum absolute atomic E-state index is 13.2. The molecule has 2 aromatic carbocycles.